The molecule has 0 radical (unpaired) electrons. The SMILES string of the molecule is CC(=O)N(C)c1ccc2c(c1)c(=O)oc1cc(C)ccc12. The van der Waals surface area contributed by atoms with E-state index in [-0.39, 0.29) is 11.5 Å². The minimum absolute atomic E-state index is 0.0878. The summed E-state index contributed by atoms with van der Waals surface area (Å²) in [6, 6.07) is 11.2. The highest BCUT2D eigenvalue weighted by Crippen LogP contribution is 2.26. The van der Waals surface area contributed by atoms with Crippen molar-refractivity contribution in [2.45, 2.75) is 13.8 Å². The Morgan fingerprint density at radius 2 is 1.76 bits per heavy atom. The van der Waals surface area contributed by atoms with Gasteiger partial charge in [0, 0.05) is 30.4 Å². The van der Waals surface area contributed by atoms with E-state index in [0.29, 0.717) is 16.7 Å². The van der Waals surface area contributed by atoms with Crippen LogP contribution in [0.5, 0.6) is 0 Å². The molecule has 0 fully saturated rings. The second-order valence-electron chi connectivity index (χ2n) is 5.20. The number of anilines is 1. The number of aryl methyl sites for hydroxylation is 1. The topological polar surface area (TPSA) is 50.5 Å². The zero-order chi connectivity index (χ0) is 15.1. The number of carbonyl (C=O) groups excluding carboxylic acids is 1. The average Bonchev–Trinajstić information content (AvgIpc) is 2.45. The van der Waals surface area contributed by atoms with Crippen LogP contribution in [0.2, 0.25) is 0 Å². The van der Waals surface area contributed by atoms with Crippen LogP contribution in [0.25, 0.3) is 21.7 Å². The van der Waals surface area contributed by atoms with E-state index in [1.165, 1.54) is 11.8 Å². The van der Waals surface area contributed by atoms with Crippen molar-refractivity contribution in [2.24, 2.45) is 0 Å². The average molecular weight is 281 g/mol. The lowest BCUT2D eigenvalue weighted by Gasteiger charge is -2.15. The van der Waals surface area contributed by atoms with E-state index in [2.05, 4.69) is 0 Å². The van der Waals surface area contributed by atoms with Crippen molar-refractivity contribution in [3.05, 3.63) is 52.4 Å². The monoisotopic (exact) mass is 281 g/mol. The smallest absolute Gasteiger partial charge is 0.344 e. The standard InChI is InChI=1S/C17H15NO3/c1-10-4-6-14-13-7-5-12(18(3)11(2)19)9-15(13)17(20)21-16(14)8-10/h4-9H,1-3H3. The van der Waals surface area contributed by atoms with Crippen LogP contribution in [0.4, 0.5) is 5.69 Å². The molecule has 1 aromatic heterocycles. The summed E-state index contributed by atoms with van der Waals surface area (Å²) in [4.78, 5) is 25.1. The Morgan fingerprint density at radius 3 is 2.48 bits per heavy atom. The molecule has 2 aromatic carbocycles. The van der Waals surface area contributed by atoms with E-state index in [1.54, 1.807) is 13.1 Å². The first-order valence-electron chi connectivity index (χ1n) is 6.69. The van der Waals surface area contributed by atoms with E-state index in [4.69, 9.17) is 4.42 Å². The van der Waals surface area contributed by atoms with Gasteiger partial charge < -0.3 is 9.32 Å². The van der Waals surface area contributed by atoms with Gasteiger partial charge in [-0.1, -0.05) is 18.2 Å². The molecule has 0 atom stereocenters. The number of amides is 1. The number of benzene rings is 2. The summed E-state index contributed by atoms with van der Waals surface area (Å²) < 4.78 is 5.39. The molecule has 0 N–H and O–H groups in total. The molecule has 106 valence electrons. The zero-order valence-corrected chi connectivity index (χ0v) is 12.1. The van der Waals surface area contributed by atoms with Gasteiger partial charge in [-0.15, -0.1) is 0 Å². The lowest BCUT2D eigenvalue weighted by atomic mass is 10.1. The Balaban J connectivity index is 2.35. The molecule has 0 unspecified atom stereocenters. The summed E-state index contributed by atoms with van der Waals surface area (Å²) in [5.41, 5.74) is 1.91. The largest absolute Gasteiger partial charge is 0.422 e. The highest BCUT2D eigenvalue weighted by atomic mass is 16.4. The summed E-state index contributed by atoms with van der Waals surface area (Å²) in [5, 5.41) is 2.21. The fourth-order valence-electron chi connectivity index (χ4n) is 2.42. The summed E-state index contributed by atoms with van der Waals surface area (Å²) >= 11 is 0. The number of nitrogens with zero attached hydrogens (tertiary/aromatic N) is 1. The predicted molar refractivity (Wildman–Crippen MR) is 83.8 cm³/mol. The molecule has 3 rings (SSSR count). The molecule has 0 aliphatic heterocycles. The minimum Gasteiger partial charge on any atom is -0.422 e. The number of rotatable bonds is 1. The van der Waals surface area contributed by atoms with Crippen molar-refractivity contribution in [3.8, 4) is 0 Å². The van der Waals surface area contributed by atoms with E-state index in [1.807, 2.05) is 37.3 Å². The first-order valence-corrected chi connectivity index (χ1v) is 6.69. The number of carbonyl (C=O) groups is 1. The molecule has 0 spiro atoms. The van der Waals surface area contributed by atoms with Crippen LogP contribution >= 0.6 is 0 Å². The van der Waals surface area contributed by atoms with Gasteiger partial charge in [-0.3, -0.25) is 4.79 Å². The highest BCUT2D eigenvalue weighted by Gasteiger charge is 2.11. The minimum atomic E-state index is -0.387. The van der Waals surface area contributed by atoms with Crippen LogP contribution in [-0.2, 0) is 4.79 Å². The third kappa shape index (κ3) is 2.18. The molecule has 4 heteroatoms. The van der Waals surface area contributed by atoms with E-state index < -0.39 is 0 Å². The maximum absolute atomic E-state index is 12.2. The molecule has 0 saturated heterocycles. The Hall–Kier alpha value is -2.62. The van der Waals surface area contributed by atoms with Gasteiger partial charge in [0.2, 0.25) is 5.91 Å². The van der Waals surface area contributed by atoms with Gasteiger partial charge in [-0.05, 0) is 30.7 Å². The van der Waals surface area contributed by atoms with Gasteiger partial charge in [-0.25, -0.2) is 4.79 Å². The normalized spacial score (nSPS) is 11.0. The molecule has 1 amide bonds. The maximum Gasteiger partial charge on any atom is 0.344 e. The van der Waals surface area contributed by atoms with Gasteiger partial charge in [-0.2, -0.15) is 0 Å². The Kier molecular flexibility index (Phi) is 3.01. The fourth-order valence-corrected chi connectivity index (χ4v) is 2.42. The highest BCUT2D eigenvalue weighted by molar-refractivity contribution is 6.06. The van der Waals surface area contributed by atoms with Crippen molar-refractivity contribution >= 4 is 33.3 Å². The summed E-state index contributed by atoms with van der Waals surface area (Å²) in [5.74, 6) is -0.0878. The van der Waals surface area contributed by atoms with Crippen molar-refractivity contribution in [1.82, 2.24) is 0 Å². The zero-order valence-electron chi connectivity index (χ0n) is 12.1. The summed E-state index contributed by atoms with van der Waals surface area (Å²) in [6.45, 7) is 3.43. The van der Waals surface area contributed by atoms with Gasteiger partial charge in [0.25, 0.3) is 0 Å². The third-order valence-electron chi connectivity index (χ3n) is 3.71. The first-order chi connectivity index (χ1) is 9.97. The molecule has 4 nitrogen and oxygen atoms in total. The molecule has 0 saturated carbocycles. The van der Waals surface area contributed by atoms with Crippen LogP contribution in [0.3, 0.4) is 0 Å². The van der Waals surface area contributed by atoms with E-state index >= 15 is 0 Å². The van der Waals surface area contributed by atoms with Gasteiger partial charge in [0.15, 0.2) is 0 Å². The van der Waals surface area contributed by atoms with Gasteiger partial charge in [0.05, 0.1) is 5.39 Å². The molecule has 0 bridgehead atoms. The Morgan fingerprint density at radius 1 is 1.05 bits per heavy atom. The second kappa shape index (κ2) is 4.74. The Labute approximate surface area is 121 Å². The van der Waals surface area contributed by atoms with Gasteiger partial charge in [0.1, 0.15) is 5.58 Å². The molecule has 3 aromatic rings. The third-order valence-corrected chi connectivity index (χ3v) is 3.71. The molecule has 0 aliphatic carbocycles. The van der Waals surface area contributed by atoms with Crippen molar-refractivity contribution < 1.29 is 9.21 Å². The lowest BCUT2D eigenvalue weighted by Crippen LogP contribution is -2.22. The van der Waals surface area contributed by atoms with Crippen molar-refractivity contribution in [1.29, 1.82) is 0 Å². The van der Waals surface area contributed by atoms with Crippen molar-refractivity contribution in [2.75, 3.05) is 11.9 Å². The second-order valence-corrected chi connectivity index (χ2v) is 5.20. The summed E-state index contributed by atoms with van der Waals surface area (Å²) in [6.07, 6.45) is 0. The maximum atomic E-state index is 12.2. The van der Waals surface area contributed by atoms with Crippen molar-refractivity contribution in [3.63, 3.8) is 0 Å². The number of fused-ring (bicyclic) bond motifs is 3. The van der Waals surface area contributed by atoms with Gasteiger partial charge >= 0.3 is 5.63 Å². The fraction of sp³-hybridized carbons (Fsp3) is 0.176. The molecular formula is C17H15NO3. The predicted octanol–water partition coefficient (Wildman–Crippen LogP) is 3.24. The molecular weight excluding hydrogens is 266 g/mol. The molecule has 21 heavy (non-hydrogen) atoms. The Bertz CT molecular complexity index is 924. The quantitative estimate of drug-likeness (QED) is 0.508. The van der Waals surface area contributed by atoms with Crippen LogP contribution in [0.15, 0.2) is 45.6 Å². The lowest BCUT2D eigenvalue weighted by molar-refractivity contribution is -0.116. The van der Waals surface area contributed by atoms with Crippen LogP contribution < -0.4 is 10.5 Å². The van der Waals surface area contributed by atoms with Crippen LogP contribution in [0.1, 0.15) is 12.5 Å². The molecule has 1 heterocycles. The number of hydrogen-bond donors (Lipinski definition) is 0. The van der Waals surface area contributed by atoms with Crippen LogP contribution in [-0.4, -0.2) is 13.0 Å². The first kappa shape index (κ1) is 13.4. The van der Waals surface area contributed by atoms with Crippen LogP contribution in [0, 0.1) is 6.92 Å². The number of hydrogen-bond acceptors (Lipinski definition) is 3. The van der Waals surface area contributed by atoms with E-state index in [0.717, 1.165) is 16.3 Å². The molecule has 0 aliphatic rings. The summed E-state index contributed by atoms with van der Waals surface area (Å²) in [7, 11) is 1.68. The van der Waals surface area contributed by atoms with E-state index in [9.17, 15) is 9.59 Å².